The van der Waals surface area contributed by atoms with Gasteiger partial charge in [-0.05, 0) is 50.6 Å². The van der Waals surface area contributed by atoms with Gasteiger partial charge >= 0.3 is 6.03 Å². The van der Waals surface area contributed by atoms with Crippen LogP contribution in [0.5, 0.6) is 0 Å². The molecule has 1 aliphatic rings. The maximum Gasteiger partial charge on any atom is 0.322 e. The van der Waals surface area contributed by atoms with Crippen LogP contribution in [0.3, 0.4) is 0 Å². The molecular weight excluding hydrogens is 394 g/mol. The van der Waals surface area contributed by atoms with Crippen molar-refractivity contribution < 1.29 is 14.4 Å². The van der Waals surface area contributed by atoms with Gasteiger partial charge in [-0.3, -0.25) is 14.9 Å². The number of carbonyl (C=O) groups is 3. The molecule has 8 heteroatoms. The second-order valence-corrected chi connectivity index (χ2v) is 7.74. The molecule has 3 aromatic rings. The second kappa shape index (κ2) is 7.71. The Kier molecular flexibility index (Phi) is 5.06. The van der Waals surface area contributed by atoms with E-state index >= 15 is 0 Å². The van der Waals surface area contributed by atoms with Gasteiger partial charge in [-0.2, -0.15) is 5.10 Å². The molecule has 1 atom stereocenters. The quantitative estimate of drug-likeness (QED) is 0.555. The molecule has 8 nitrogen and oxygen atoms in total. The van der Waals surface area contributed by atoms with Crippen molar-refractivity contribution in [2.24, 2.45) is 0 Å². The van der Waals surface area contributed by atoms with E-state index in [1.165, 1.54) is 0 Å². The Balaban J connectivity index is 1.52. The minimum Gasteiger partial charge on any atom is -0.326 e. The minimum atomic E-state index is -1.18. The van der Waals surface area contributed by atoms with Crippen LogP contribution in [-0.2, 0) is 21.5 Å². The van der Waals surface area contributed by atoms with E-state index in [-0.39, 0.29) is 12.3 Å². The fraction of sp³-hybridized carbons (Fsp3) is 0.217. The average Bonchev–Trinajstić information content (AvgIpc) is 3.18. The van der Waals surface area contributed by atoms with Gasteiger partial charge in [0.1, 0.15) is 5.54 Å². The average molecular weight is 417 g/mol. The van der Waals surface area contributed by atoms with Gasteiger partial charge in [0.25, 0.3) is 5.91 Å². The number of hydrogen-bond acceptors (Lipinski definition) is 4. The Morgan fingerprint density at radius 1 is 1.10 bits per heavy atom. The first-order valence-electron chi connectivity index (χ1n) is 9.92. The number of carbonyl (C=O) groups excluding carboxylic acids is 3. The highest BCUT2D eigenvalue weighted by atomic mass is 16.2. The summed E-state index contributed by atoms with van der Waals surface area (Å²) in [5.41, 5.74) is 3.45. The highest BCUT2D eigenvalue weighted by molar-refractivity contribution is 6.07. The third-order valence-corrected chi connectivity index (χ3v) is 5.55. The normalized spacial score (nSPS) is 17.9. The number of aryl methyl sites for hydroxylation is 1. The molecule has 2 aromatic carbocycles. The summed E-state index contributed by atoms with van der Waals surface area (Å²) >= 11 is 0. The first kappa shape index (κ1) is 20.3. The molecule has 0 unspecified atom stereocenters. The van der Waals surface area contributed by atoms with Crippen LogP contribution in [0.1, 0.15) is 29.4 Å². The van der Waals surface area contributed by atoms with Crippen molar-refractivity contribution in [2.75, 3.05) is 5.32 Å². The molecule has 31 heavy (non-hydrogen) atoms. The molecule has 1 aliphatic heterocycles. The summed E-state index contributed by atoms with van der Waals surface area (Å²) in [7, 11) is 0. The number of anilines is 1. The summed E-state index contributed by atoms with van der Waals surface area (Å²) < 4.78 is 1.83. The lowest BCUT2D eigenvalue weighted by atomic mass is 9.92. The van der Waals surface area contributed by atoms with Gasteiger partial charge < -0.3 is 10.6 Å². The van der Waals surface area contributed by atoms with E-state index < -0.39 is 17.5 Å². The zero-order valence-corrected chi connectivity index (χ0v) is 17.5. The number of amides is 4. The zero-order valence-electron chi connectivity index (χ0n) is 17.5. The predicted molar refractivity (Wildman–Crippen MR) is 116 cm³/mol. The summed E-state index contributed by atoms with van der Waals surface area (Å²) in [4.78, 5) is 36.5. The predicted octanol–water partition coefficient (Wildman–Crippen LogP) is 2.72. The summed E-state index contributed by atoms with van der Waals surface area (Å²) in [5, 5.41) is 12.3. The van der Waals surface area contributed by atoms with Gasteiger partial charge in [-0.25, -0.2) is 9.48 Å². The molecule has 4 amide bonds. The SMILES string of the molecule is Cc1nn(-c2ccccc2)c(C)c1CC(=O)Nc1cccc([C@@]2(C)NC(=O)NC2=O)c1. The van der Waals surface area contributed by atoms with Crippen LogP contribution < -0.4 is 16.0 Å². The number of benzene rings is 2. The number of hydrogen-bond donors (Lipinski definition) is 3. The Bertz CT molecular complexity index is 1190. The topological polar surface area (TPSA) is 105 Å². The number of nitrogens with zero attached hydrogens (tertiary/aromatic N) is 2. The molecule has 1 fully saturated rings. The highest BCUT2D eigenvalue weighted by Crippen LogP contribution is 2.27. The number of aromatic nitrogens is 2. The molecule has 0 aliphatic carbocycles. The molecule has 0 bridgehead atoms. The molecule has 0 saturated carbocycles. The lowest BCUT2D eigenvalue weighted by Crippen LogP contribution is -2.40. The second-order valence-electron chi connectivity index (χ2n) is 7.74. The van der Waals surface area contributed by atoms with Crippen molar-refractivity contribution in [2.45, 2.75) is 32.7 Å². The van der Waals surface area contributed by atoms with Crippen LogP contribution >= 0.6 is 0 Å². The molecule has 0 radical (unpaired) electrons. The lowest BCUT2D eigenvalue weighted by molar-refractivity contribution is -0.123. The van der Waals surface area contributed by atoms with E-state index in [2.05, 4.69) is 21.0 Å². The first-order valence-corrected chi connectivity index (χ1v) is 9.92. The van der Waals surface area contributed by atoms with Gasteiger partial charge in [-0.1, -0.05) is 30.3 Å². The van der Waals surface area contributed by atoms with Crippen LogP contribution in [0.15, 0.2) is 54.6 Å². The third kappa shape index (κ3) is 3.79. The van der Waals surface area contributed by atoms with E-state index in [1.807, 2.05) is 48.9 Å². The molecule has 158 valence electrons. The summed E-state index contributed by atoms with van der Waals surface area (Å²) in [6.07, 6.45) is 0.170. The van der Waals surface area contributed by atoms with Crippen LogP contribution in [-0.4, -0.2) is 27.6 Å². The lowest BCUT2D eigenvalue weighted by Gasteiger charge is -2.21. The third-order valence-electron chi connectivity index (χ3n) is 5.55. The standard InChI is InChI=1S/C23H23N5O3/c1-14-19(15(2)28(27-14)18-10-5-4-6-11-18)13-20(29)24-17-9-7-8-16(12-17)23(3)21(30)25-22(31)26-23/h4-12H,13H2,1-3H3,(H,24,29)(H2,25,26,30,31)/t23-/m1/s1. The smallest absolute Gasteiger partial charge is 0.322 e. The van der Waals surface area contributed by atoms with Crippen LogP contribution in [0, 0.1) is 13.8 Å². The van der Waals surface area contributed by atoms with E-state index in [9.17, 15) is 14.4 Å². The summed E-state index contributed by atoms with van der Waals surface area (Å²) in [5.74, 6) is -0.624. The van der Waals surface area contributed by atoms with Crippen LogP contribution in [0.2, 0.25) is 0 Å². The molecule has 0 spiro atoms. The van der Waals surface area contributed by atoms with Gasteiger partial charge in [0, 0.05) is 16.9 Å². The monoisotopic (exact) mass is 417 g/mol. The Morgan fingerprint density at radius 3 is 2.52 bits per heavy atom. The highest BCUT2D eigenvalue weighted by Gasteiger charge is 2.43. The van der Waals surface area contributed by atoms with Gasteiger partial charge in [0.15, 0.2) is 0 Å². The molecule has 3 N–H and O–H groups in total. The Labute approximate surface area is 179 Å². The van der Waals surface area contributed by atoms with Gasteiger partial charge in [-0.15, -0.1) is 0 Å². The Morgan fingerprint density at radius 2 is 1.84 bits per heavy atom. The van der Waals surface area contributed by atoms with Gasteiger partial charge in [0.05, 0.1) is 17.8 Å². The van der Waals surface area contributed by atoms with Crippen molar-refractivity contribution in [1.82, 2.24) is 20.4 Å². The largest absolute Gasteiger partial charge is 0.326 e. The van der Waals surface area contributed by atoms with Crippen LogP contribution in [0.4, 0.5) is 10.5 Å². The molecular formula is C23H23N5O3. The number of nitrogens with one attached hydrogen (secondary N) is 3. The molecule has 4 rings (SSSR count). The number of rotatable bonds is 5. The maximum absolute atomic E-state index is 12.8. The van der Waals surface area contributed by atoms with E-state index in [0.717, 1.165) is 22.6 Å². The fourth-order valence-electron chi connectivity index (χ4n) is 3.77. The van der Waals surface area contributed by atoms with Crippen molar-refractivity contribution in [3.05, 3.63) is 77.1 Å². The maximum atomic E-state index is 12.8. The number of urea groups is 1. The van der Waals surface area contributed by atoms with Crippen molar-refractivity contribution in [3.63, 3.8) is 0 Å². The van der Waals surface area contributed by atoms with Gasteiger partial charge in [0.2, 0.25) is 5.91 Å². The summed E-state index contributed by atoms with van der Waals surface area (Å²) in [6.45, 7) is 5.45. The number of imide groups is 1. The summed E-state index contributed by atoms with van der Waals surface area (Å²) in [6, 6.07) is 16.1. The molecule has 1 saturated heterocycles. The molecule has 1 aromatic heterocycles. The van der Waals surface area contributed by atoms with Crippen molar-refractivity contribution >= 4 is 23.5 Å². The van der Waals surface area contributed by atoms with Crippen LogP contribution in [0.25, 0.3) is 5.69 Å². The van der Waals surface area contributed by atoms with Crippen molar-refractivity contribution in [3.8, 4) is 5.69 Å². The van der Waals surface area contributed by atoms with E-state index in [1.54, 1.807) is 31.2 Å². The fourth-order valence-corrected chi connectivity index (χ4v) is 3.77. The first-order chi connectivity index (χ1) is 14.8. The van der Waals surface area contributed by atoms with Crippen molar-refractivity contribution in [1.29, 1.82) is 0 Å². The zero-order chi connectivity index (χ0) is 22.2. The minimum absolute atomic E-state index is 0.170. The van der Waals surface area contributed by atoms with E-state index in [4.69, 9.17) is 0 Å². The Hall–Kier alpha value is -3.94. The number of para-hydroxylation sites is 1. The molecule has 2 heterocycles. The van der Waals surface area contributed by atoms with E-state index in [0.29, 0.717) is 11.3 Å².